The van der Waals surface area contributed by atoms with E-state index in [4.69, 9.17) is 4.74 Å². The van der Waals surface area contributed by atoms with Crippen molar-refractivity contribution in [3.8, 4) is 0 Å². The van der Waals surface area contributed by atoms with Crippen LogP contribution in [0.1, 0.15) is 0 Å². The average molecular weight is 399 g/mol. The third-order valence-corrected chi connectivity index (χ3v) is 5.21. The van der Waals surface area contributed by atoms with E-state index in [2.05, 4.69) is 14.7 Å². The van der Waals surface area contributed by atoms with E-state index in [0.717, 1.165) is 12.1 Å². The summed E-state index contributed by atoms with van der Waals surface area (Å²) in [5.41, 5.74) is 0.0988. The minimum absolute atomic E-state index is 0.0988. The van der Waals surface area contributed by atoms with Crippen molar-refractivity contribution in [2.24, 2.45) is 0 Å². The summed E-state index contributed by atoms with van der Waals surface area (Å²) in [7, 11) is -0.823. The summed E-state index contributed by atoms with van der Waals surface area (Å²) >= 11 is 0. The van der Waals surface area contributed by atoms with E-state index in [-0.39, 0.29) is 5.69 Å². The molecule has 11 heteroatoms. The number of aromatic nitrogens is 2. The maximum Gasteiger partial charge on any atom is 0.262 e. The number of hydrogen-bond donors (Lipinski definition) is 1. The van der Waals surface area contributed by atoms with Crippen LogP contribution in [0.5, 0.6) is 0 Å². The number of hydrogen-bond acceptors (Lipinski definition) is 7. The smallest absolute Gasteiger partial charge is 0.262 e. The van der Waals surface area contributed by atoms with Gasteiger partial charge in [-0.2, -0.15) is 4.98 Å². The van der Waals surface area contributed by atoms with Crippen molar-refractivity contribution in [2.45, 2.75) is 4.90 Å². The molecule has 2 aromatic rings. The summed E-state index contributed by atoms with van der Waals surface area (Å²) in [6.45, 7) is 2.36. The molecule has 1 aliphatic rings. The number of morpholine rings is 1. The van der Waals surface area contributed by atoms with Crippen LogP contribution in [0, 0.1) is 11.6 Å². The number of halogens is 2. The van der Waals surface area contributed by atoms with Crippen LogP contribution in [-0.2, 0) is 14.8 Å². The molecule has 1 N–H and O–H groups in total. The van der Waals surface area contributed by atoms with Crippen LogP contribution in [-0.4, -0.2) is 58.8 Å². The second-order valence-electron chi connectivity index (χ2n) is 6.11. The van der Waals surface area contributed by atoms with Crippen molar-refractivity contribution < 1.29 is 21.9 Å². The Balaban J connectivity index is 1.93. The topological polar surface area (TPSA) is 87.7 Å². The molecule has 0 saturated carbocycles. The third kappa shape index (κ3) is 4.42. The molecule has 146 valence electrons. The van der Waals surface area contributed by atoms with Gasteiger partial charge in [-0.1, -0.05) is 0 Å². The van der Waals surface area contributed by atoms with E-state index in [1.54, 1.807) is 19.0 Å². The molecule has 0 aliphatic carbocycles. The molecule has 3 rings (SSSR count). The monoisotopic (exact) mass is 399 g/mol. The highest BCUT2D eigenvalue weighted by Gasteiger charge is 2.22. The zero-order valence-electron chi connectivity index (χ0n) is 14.8. The summed E-state index contributed by atoms with van der Waals surface area (Å²) < 4.78 is 59.4. The summed E-state index contributed by atoms with van der Waals surface area (Å²) in [6.07, 6.45) is 1.33. The molecule has 1 aliphatic heterocycles. The Morgan fingerprint density at radius 1 is 1.15 bits per heavy atom. The molecule has 2 heterocycles. The molecule has 27 heavy (non-hydrogen) atoms. The number of anilines is 3. The fourth-order valence-electron chi connectivity index (χ4n) is 2.58. The number of nitrogens with zero attached hydrogens (tertiary/aromatic N) is 4. The largest absolute Gasteiger partial charge is 0.378 e. The molecule has 0 atom stereocenters. The van der Waals surface area contributed by atoms with Gasteiger partial charge in [0.05, 0.1) is 24.3 Å². The minimum atomic E-state index is -4.22. The Bertz CT molecular complexity index is 913. The minimum Gasteiger partial charge on any atom is -0.378 e. The molecular formula is C16H19F2N5O3S. The highest BCUT2D eigenvalue weighted by molar-refractivity contribution is 7.92. The summed E-state index contributed by atoms with van der Waals surface area (Å²) in [5.74, 6) is -1.20. The molecule has 0 unspecified atom stereocenters. The van der Waals surface area contributed by atoms with Crippen LogP contribution in [0.2, 0.25) is 0 Å². The first-order chi connectivity index (χ1) is 12.8. The first-order valence-electron chi connectivity index (χ1n) is 8.12. The van der Waals surface area contributed by atoms with E-state index in [1.165, 1.54) is 6.20 Å². The van der Waals surface area contributed by atoms with Crippen molar-refractivity contribution in [2.75, 3.05) is 54.9 Å². The zero-order valence-corrected chi connectivity index (χ0v) is 15.6. The molecule has 0 amide bonds. The second-order valence-corrected chi connectivity index (χ2v) is 7.79. The Kier molecular flexibility index (Phi) is 5.42. The van der Waals surface area contributed by atoms with Gasteiger partial charge in [0.2, 0.25) is 5.95 Å². The van der Waals surface area contributed by atoms with Crippen LogP contribution < -0.4 is 14.5 Å². The first kappa shape index (κ1) is 19.2. The highest BCUT2D eigenvalue weighted by Crippen LogP contribution is 2.27. The van der Waals surface area contributed by atoms with E-state index >= 15 is 0 Å². The number of rotatable bonds is 5. The highest BCUT2D eigenvalue weighted by atomic mass is 32.2. The van der Waals surface area contributed by atoms with Crippen LogP contribution in [0.4, 0.5) is 26.2 Å². The lowest BCUT2D eigenvalue weighted by Gasteiger charge is -2.28. The van der Waals surface area contributed by atoms with Crippen LogP contribution >= 0.6 is 0 Å². The fraction of sp³-hybridized carbons (Fsp3) is 0.375. The zero-order chi connectivity index (χ0) is 19.6. The number of benzene rings is 1. The van der Waals surface area contributed by atoms with Gasteiger partial charge in [0, 0.05) is 33.3 Å². The van der Waals surface area contributed by atoms with Gasteiger partial charge in [0.15, 0.2) is 5.82 Å². The normalized spacial score (nSPS) is 14.9. The Morgan fingerprint density at radius 2 is 1.78 bits per heavy atom. The van der Waals surface area contributed by atoms with Crippen LogP contribution in [0.15, 0.2) is 29.3 Å². The Morgan fingerprint density at radius 3 is 2.37 bits per heavy atom. The van der Waals surface area contributed by atoms with Gasteiger partial charge in [-0.25, -0.2) is 22.2 Å². The fourth-order valence-corrected chi connectivity index (χ4v) is 3.67. The standard InChI is InChI=1S/C16H19F2N5O3S/c1-22(2)15-14(10-19-16(20-15)23-3-5-26-6-4-23)21-27(24,25)13-8-11(17)7-12(18)9-13/h7-10,21H,3-6H2,1-2H3. The molecule has 8 nitrogen and oxygen atoms in total. The van der Waals surface area contributed by atoms with Gasteiger partial charge in [0.1, 0.15) is 17.3 Å². The molecule has 1 aromatic carbocycles. The predicted octanol–water partition coefficient (Wildman–Crippen LogP) is 1.46. The van der Waals surface area contributed by atoms with Gasteiger partial charge in [0.25, 0.3) is 10.0 Å². The van der Waals surface area contributed by atoms with E-state index < -0.39 is 26.6 Å². The predicted molar refractivity (Wildman–Crippen MR) is 96.6 cm³/mol. The quantitative estimate of drug-likeness (QED) is 0.814. The lowest BCUT2D eigenvalue weighted by Crippen LogP contribution is -2.37. The molecule has 1 aromatic heterocycles. The molecule has 1 saturated heterocycles. The van der Waals surface area contributed by atoms with Gasteiger partial charge in [-0.3, -0.25) is 4.72 Å². The van der Waals surface area contributed by atoms with Crippen molar-refractivity contribution in [1.29, 1.82) is 0 Å². The lowest BCUT2D eigenvalue weighted by atomic mass is 10.3. The maximum atomic E-state index is 13.4. The average Bonchev–Trinajstić information content (AvgIpc) is 2.61. The second kappa shape index (κ2) is 7.61. The summed E-state index contributed by atoms with van der Waals surface area (Å²) in [4.78, 5) is 11.7. The van der Waals surface area contributed by atoms with Gasteiger partial charge in [-0.05, 0) is 12.1 Å². The van der Waals surface area contributed by atoms with Crippen LogP contribution in [0.25, 0.3) is 0 Å². The molecule has 0 radical (unpaired) electrons. The Labute approximate surface area is 155 Å². The van der Waals surface area contributed by atoms with Gasteiger partial charge >= 0.3 is 0 Å². The molecular weight excluding hydrogens is 380 g/mol. The van der Waals surface area contributed by atoms with E-state index in [1.807, 2.05) is 4.90 Å². The number of sulfonamides is 1. The SMILES string of the molecule is CN(C)c1nc(N2CCOCC2)ncc1NS(=O)(=O)c1cc(F)cc(F)c1. The number of ether oxygens (including phenoxy) is 1. The van der Waals surface area contributed by atoms with Crippen molar-refractivity contribution in [3.05, 3.63) is 36.0 Å². The molecule has 0 spiro atoms. The van der Waals surface area contributed by atoms with Crippen molar-refractivity contribution in [1.82, 2.24) is 9.97 Å². The lowest BCUT2D eigenvalue weighted by molar-refractivity contribution is 0.122. The van der Waals surface area contributed by atoms with Crippen LogP contribution in [0.3, 0.4) is 0 Å². The molecule has 1 fully saturated rings. The van der Waals surface area contributed by atoms with E-state index in [9.17, 15) is 17.2 Å². The third-order valence-electron chi connectivity index (χ3n) is 3.86. The van der Waals surface area contributed by atoms with Crippen molar-refractivity contribution >= 4 is 27.5 Å². The first-order valence-corrected chi connectivity index (χ1v) is 9.60. The molecule has 0 bridgehead atoms. The summed E-state index contributed by atoms with van der Waals surface area (Å²) in [5, 5.41) is 0. The van der Waals surface area contributed by atoms with Gasteiger partial charge in [-0.15, -0.1) is 0 Å². The van der Waals surface area contributed by atoms with Gasteiger partial charge < -0.3 is 14.5 Å². The maximum absolute atomic E-state index is 13.4. The van der Waals surface area contributed by atoms with Crippen molar-refractivity contribution in [3.63, 3.8) is 0 Å². The summed E-state index contributed by atoms with van der Waals surface area (Å²) in [6, 6.07) is 2.08. The number of nitrogens with one attached hydrogen (secondary N) is 1. The van der Waals surface area contributed by atoms with E-state index in [0.29, 0.717) is 44.1 Å². The Hall–Kier alpha value is -2.53.